The molecule has 0 N–H and O–H groups in total. The SMILES string of the molecule is CC(C)C[C@H](C)CCCBr. The van der Waals surface area contributed by atoms with Crippen molar-refractivity contribution in [3.8, 4) is 0 Å². The summed E-state index contributed by atoms with van der Waals surface area (Å²) in [6.45, 7) is 6.94. The molecule has 0 bridgehead atoms. The Morgan fingerprint density at radius 2 is 1.80 bits per heavy atom. The first kappa shape index (κ1) is 10.5. The smallest absolute Gasteiger partial charge is 0.00314 e. The molecule has 1 atom stereocenters. The molecule has 0 spiro atoms. The second-order valence-electron chi connectivity index (χ2n) is 3.57. The molecule has 0 unspecified atom stereocenters. The third-order valence-electron chi connectivity index (χ3n) is 1.70. The molecule has 0 aliphatic heterocycles. The average Bonchev–Trinajstić information content (AvgIpc) is 1.82. The lowest BCUT2D eigenvalue weighted by Crippen LogP contribution is -1.99. The Kier molecular flexibility index (Phi) is 6.50. The minimum Gasteiger partial charge on any atom is -0.0928 e. The Balaban J connectivity index is 3.16. The first-order valence-corrected chi connectivity index (χ1v) is 5.35. The highest BCUT2D eigenvalue weighted by Gasteiger charge is 2.03. The van der Waals surface area contributed by atoms with Gasteiger partial charge in [0.2, 0.25) is 0 Å². The molecule has 62 valence electrons. The van der Waals surface area contributed by atoms with Crippen LogP contribution in [0.15, 0.2) is 0 Å². The van der Waals surface area contributed by atoms with Crippen LogP contribution in [0.4, 0.5) is 0 Å². The number of rotatable bonds is 5. The number of hydrogen-bond acceptors (Lipinski definition) is 0. The largest absolute Gasteiger partial charge is 0.0928 e. The van der Waals surface area contributed by atoms with Crippen molar-refractivity contribution in [2.45, 2.75) is 40.0 Å². The average molecular weight is 207 g/mol. The fraction of sp³-hybridized carbons (Fsp3) is 1.00. The molecule has 0 nitrogen and oxygen atoms in total. The summed E-state index contributed by atoms with van der Waals surface area (Å²) in [4.78, 5) is 0. The van der Waals surface area contributed by atoms with Crippen molar-refractivity contribution in [2.75, 3.05) is 5.33 Å². The van der Waals surface area contributed by atoms with E-state index in [0.717, 1.165) is 17.2 Å². The fourth-order valence-corrected chi connectivity index (χ4v) is 1.67. The maximum atomic E-state index is 3.44. The summed E-state index contributed by atoms with van der Waals surface area (Å²) in [5.41, 5.74) is 0. The normalized spacial score (nSPS) is 14.1. The molecular formula is C9H19Br. The van der Waals surface area contributed by atoms with E-state index in [1.807, 2.05) is 0 Å². The van der Waals surface area contributed by atoms with Gasteiger partial charge in [-0.05, 0) is 31.1 Å². The second-order valence-corrected chi connectivity index (χ2v) is 4.36. The second kappa shape index (κ2) is 6.21. The highest BCUT2D eigenvalue weighted by Crippen LogP contribution is 2.16. The van der Waals surface area contributed by atoms with E-state index in [0.29, 0.717) is 0 Å². The summed E-state index contributed by atoms with van der Waals surface area (Å²) in [6, 6.07) is 0. The molecule has 0 aromatic heterocycles. The summed E-state index contributed by atoms with van der Waals surface area (Å²) < 4.78 is 0. The topological polar surface area (TPSA) is 0 Å². The third kappa shape index (κ3) is 6.60. The number of halogens is 1. The van der Waals surface area contributed by atoms with Crippen molar-refractivity contribution in [3.05, 3.63) is 0 Å². The highest BCUT2D eigenvalue weighted by molar-refractivity contribution is 9.09. The van der Waals surface area contributed by atoms with Crippen molar-refractivity contribution in [2.24, 2.45) is 11.8 Å². The molecule has 10 heavy (non-hydrogen) atoms. The van der Waals surface area contributed by atoms with E-state index in [4.69, 9.17) is 0 Å². The Labute approximate surface area is 73.5 Å². The zero-order valence-electron chi connectivity index (χ0n) is 7.36. The van der Waals surface area contributed by atoms with E-state index in [9.17, 15) is 0 Å². The Morgan fingerprint density at radius 3 is 2.20 bits per heavy atom. The Morgan fingerprint density at radius 1 is 1.20 bits per heavy atom. The molecule has 0 saturated heterocycles. The molecule has 0 heterocycles. The summed E-state index contributed by atoms with van der Waals surface area (Å²) in [7, 11) is 0. The van der Waals surface area contributed by atoms with E-state index in [1.54, 1.807) is 0 Å². The van der Waals surface area contributed by atoms with Gasteiger partial charge in [0, 0.05) is 5.33 Å². The lowest BCUT2D eigenvalue weighted by molar-refractivity contribution is 0.413. The quantitative estimate of drug-likeness (QED) is 0.601. The van der Waals surface area contributed by atoms with Crippen LogP contribution in [0, 0.1) is 11.8 Å². The van der Waals surface area contributed by atoms with Gasteiger partial charge in [-0.25, -0.2) is 0 Å². The molecule has 0 saturated carbocycles. The van der Waals surface area contributed by atoms with Crippen LogP contribution in [0.2, 0.25) is 0 Å². The van der Waals surface area contributed by atoms with Gasteiger partial charge < -0.3 is 0 Å². The standard InChI is InChI=1S/C9H19Br/c1-8(2)7-9(3)5-4-6-10/h8-9H,4-7H2,1-3H3/t9-/m1/s1. The van der Waals surface area contributed by atoms with Gasteiger partial charge >= 0.3 is 0 Å². The summed E-state index contributed by atoms with van der Waals surface area (Å²) >= 11 is 3.44. The summed E-state index contributed by atoms with van der Waals surface area (Å²) in [5.74, 6) is 1.78. The summed E-state index contributed by atoms with van der Waals surface area (Å²) in [5, 5.41) is 1.16. The molecule has 0 fully saturated rings. The van der Waals surface area contributed by atoms with Gasteiger partial charge in [0.25, 0.3) is 0 Å². The van der Waals surface area contributed by atoms with E-state index >= 15 is 0 Å². The van der Waals surface area contributed by atoms with Gasteiger partial charge in [-0.1, -0.05) is 36.7 Å². The molecule has 0 aromatic rings. The maximum absolute atomic E-state index is 3.44. The predicted molar refractivity (Wildman–Crippen MR) is 51.6 cm³/mol. The summed E-state index contributed by atoms with van der Waals surface area (Å²) in [6.07, 6.45) is 4.09. The molecule has 0 rings (SSSR count). The first-order valence-electron chi connectivity index (χ1n) is 4.22. The van der Waals surface area contributed by atoms with E-state index < -0.39 is 0 Å². The van der Waals surface area contributed by atoms with Crippen LogP contribution < -0.4 is 0 Å². The Bertz CT molecular complexity index is 69.1. The molecule has 0 radical (unpaired) electrons. The first-order chi connectivity index (χ1) is 4.66. The van der Waals surface area contributed by atoms with Crippen LogP contribution in [-0.4, -0.2) is 5.33 Å². The van der Waals surface area contributed by atoms with Gasteiger partial charge in [0.15, 0.2) is 0 Å². The molecule has 1 heteroatoms. The van der Waals surface area contributed by atoms with Crippen LogP contribution in [-0.2, 0) is 0 Å². The van der Waals surface area contributed by atoms with Gasteiger partial charge in [-0.3, -0.25) is 0 Å². The predicted octanol–water partition coefficient (Wildman–Crippen LogP) is 3.84. The zero-order chi connectivity index (χ0) is 7.98. The lowest BCUT2D eigenvalue weighted by Gasteiger charge is -2.12. The molecule has 0 aliphatic rings. The third-order valence-corrected chi connectivity index (χ3v) is 2.27. The maximum Gasteiger partial charge on any atom is 0.00314 e. The monoisotopic (exact) mass is 206 g/mol. The van der Waals surface area contributed by atoms with Crippen LogP contribution >= 0.6 is 15.9 Å². The molecule has 0 aromatic carbocycles. The van der Waals surface area contributed by atoms with Crippen molar-refractivity contribution >= 4 is 15.9 Å². The van der Waals surface area contributed by atoms with E-state index in [1.165, 1.54) is 19.3 Å². The zero-order valence-corrected chi connectivity index (χ0v) is 8.95. The van der Waals surface area contributed by atoms with Gasteiger partial charge in [-0.15, -0.1) is 0 Å². The highest BCUT2D eigenvalue weighted by atomic mass is 79.9. The van der Waals surface area contributed by atoms with E-state index in [2.05, 4.69) is 36.7 Å². The van der Waals surface area contributed by atoms with Gasteiger partial charge in [0.1, 0.15) is 0 Å². The van der Waals surface area contributed by atoms with Gasteiger partial charge in [-0.2, -0.15) is 0 Å². The lowest BCUT2D eigenvalue weighted by atomic mass is 9.95. The number of alkyl halides is 1. The van der Waals surface area contributed by atoms with Gasteiger partial charge in [0.05, 0.1) is 0 Å². The van der Waals surface area contributed by atoms with Crippen LogP contribution in [0.1, 0.15) is 40.0 Å². The number of hydrogen-bond donors (Lipinski definition) is 0. The molecular weight excluding hydrogens is 188 g/mol. The van der Waals surface area contributed by atoms with E-state index in [-0.39, 0.29) is 0 Å². The van der Waals surface area contributed by atoms with Crippen LogP contribution in [0.5, 0.6) is 0 Å². The Hall–Kier alpha value is 0.480. The van der Waals surface area contributed by atoms with Crippen molar-refractivity contribution in [1.29, 1.82) is 0 Å². The van der Waals surface area contributed by atoms with Crippen molar-refractivity contribution in [1.82, 2.24) is 0 Å². The van der Waals surface area contributed by atoms with Crippen molar-refractivity contribution in [3.63, 3.8) is 0 Å². The van der Waals surface area contributed by atoms with Crippen LogP contribution in [0.25, 0.3) is 0 Å². The molecule has 0 amide bonds. The van der Waals surface area contributed by atoms with Crippen LogP contribution in [0.3, 0.4) is 0 Å². The minimum atomic E-state index is 0.866. The minimum absolute atomic E-state index is 0.866. The molecule has 0 aliphatic carbocycles. The fourth-order valence-electron chi connectivity index (χ4n) is 1.35. The van der Waals surface area contributed by atoms with Crippen molar-refractivity contribution < 1.29 is 0 Å².